The third-order valence-electron chi connectivity index (χ3n) is 2.79. The average molecular weight is 232 g/mol. The summed E-state index contributed by atoms with van der Waals surface area (Å²) in [5.41, 5.74) is 2.05. The van der Waals surface area contributed by atoms with Gasteiger partial charge in [-0.3, -0.25) is 4.98 Å². The lowest BCUT2D eigenvalue weighted by Crippen LogP contribution is -2.17. The molecule has 1 aromatic heterocycles. The lowest BCUT2D eigenvalue weighted by atomic mass is 10.2. The van der Waals surface area contributed by atoms with Crippen molar-refractivity contribution in [3.05, 3.63) is 36.2 Å². The molecule has 1 fully saturated rings. The van der Waals surface area contributed by atoms with Crippen molar-refractivity contribution in [3.8, 4) is 5.75 Å². The first kappa shape index (κ1) is 12.1. The Morgan fingerprint density at radius 3 is 3.06 bits per heavy atom. The van der Waals surface area contributed by atoms with Gasteiger partial charge in [-0.2, -0.15) is 0 Å². The fourth-order valence-corrected chi connectivity index (χ4v) is 1.64. The number of pyridine rings is 1. The molecule has 17 heavy (non-hydrogen) atoms. The van der Waals surface area contributed by atoms with Crippen molar-refractivity contribution in [2.24, 2.45) is 0 Å². The Balaban J connectivity index is 1.97. The van der Waals surface area contributed by atoms with E-state index in [1.165, 1.54) is 12.8 Å². The predicted octanol–water partition coefficient (Wildman–Crippen LogP) is 2.60. The number of aryl methyl sites for hydroxylation is 1. The minimum absolute atomic E-state index is 0.671. The number of aromatic nitrogens is 1. The van der Waals surface area contributed by atoms with E-state index in [1.807, 2.05) is 25.1 Å². The maximum absolute atomic E-state index is 5.71. The van der Waals surface area contributed by atoms with E-state index in [0.29, 0.717) is 12.6 Å². The highest BCUT2D eigenvalue weighted by Gasteiger charge is 2.21. The molecule has 0 bridgehead atoms. The number of nitrogens with zero attached hydrogens (tertiary/aromatic N) is 1. The SMILES string of the molecule is C=CCCOc1ccc(C)nc1CNC1CC1. The maximum Gasteiger partial charge on any atom is 0.142 e. The van der Waals surface area contributed by atoms with Crippen molar-refractivity contribution in [2.75, 3.05) is 6.61 Å². The van der Waals surface area contributed by atoms with E-state index in [0.717, 1.165) is 30.1 Å². The molecule has 92 valence electrons. The Labute approximate surface area is 103 Å². The van der Waals surface area contributed by atoms with Crippen molar-refractivity contribution < 1.29 is 4.74 Å². The first-order valence-electron chi connectivity index (χ1n) is 6.23. The smallest absolute Gasteiger partial charge is 0.142 e. The highest BCUT2D eigenvalue weighted by Crippen LogP contribution is 2.22. The molecule has 0 unspecified atom stereocenters. The minimum atomic E-state index is 0.671. The number of rotatable bonds is 7. The summed E-state index contributed by atoms with van der Waals surface area (Å²) in [4.78, 5) is 4.54. The summed E-state index contributed by atoms with van der Waals surface area (Å²) in [7, 11) is 0. The Morgan fingerprint density at radius 2 is 2.35 bits per heavy atom. The molecule has 1 aliphatic carbocycles. The van der Waals surface area contributed by atoms with Crippen molar-refractivity contribution in [3.63, 3.8) is 0 Å². The van der Waals surface area contributed by atoms with Crippen LogP contribution in [0.1, 0.15) is 30.7 Å². The summed E-state index contributed by atoms with van der Waals surface area (Å²) in [6, 6.07) is 4.69. The van der Waals surface area contributed by atoms with Crippen molar-refractivity contribution in [2.45, 2.75) is 38.8 Å². The molecule has 1 aromatic rings. The number of ether oxygens (including phenoxy) is 1. The Kier molecular flexibility index (Phi) is 4.15. The summed E-state index contributed by atoms with van der Waals surface area (Å²) >= 11 is 0. The predicted molar refractivity (Wildman–Crippen MR) is 69.1 cm³/mol. The molecule has 3 nitrogen and oxygen atoms in total. The molecule has 0 radical (unpaired) electrons. The topological polar surface area (TPSA) is 34.1 Å². The first-order valence-corrected chi connectivity index (χ1v) is 6.23. The molecular formula is C14H20N2O. The van der Waals surface area contributed by atoms with E-state index < -0.39 is 0 Å². The molecule has 0 spiro atoms. The van der Waals surface area contributed by atoms with Gasteiger partial charge >= 0.3 is 0 Å². The number of hydrogen-bond donors (Lipinski definition) is 1. The zero-order chi connectivity index (χ0) is 12.1. The minimum Gasteiger partial charge on any atom is -0.491 e. The van der Waals surface area contributed by atoms with E-state index in [9.17, 15) is 0 Å². The van der Waals surface area contributed by atoms with E-state index in [4.69, 9.17) is 4.74 Å². The molecule has 0 aliphatic heterocycles. The van der Waals surface area contributed by atoms with Gasteiger partial charge in [0.15, 0.2) is 0 Å². The molecule has 2 rings (SSSR count). The molecular weight excluding hydrogens is 212 g/mol. The van der Waals surface area contributed by atoms with Crippen LogP contribution in [0.4, 0.5) is 0 Å². The maximum atomic E-state index is 5.71. The Hall–Kier alpha value is -1.35. The van der Waals surface area contributed by atoms with E-state index in [-0.39, 0.29) is 0 Å². The van der Waals surface area contributed by atoms with Gasteiger partial charge in [0.2, 0.25) is 0 Å². The van der Waals surface area contributed by atoms with Gasteiger partial charge in [-0.05, 0) is 38.3 Å². The second-order valence-corrected chi connectivity index (χ2v) is 4.48. The average Bonchev–Trinajstić information content (AvgIpc) is 3.13. The summed E-state index contributed by atoms with van der Waals surface area (Å²) in [5.74, 6) is 0.894. The monoisotopic (exact) mass is 232 g/mol. The van der Waals surface area contributed by atoms with E-state index in [1.54, 1.807) is 0 Å². The van der Waals surface area contributed by atoms with Gasteiger partial charge in [0, 0.05) is 18.3 Å². The molecule has 3 heteroatoms. The van der Waals surface area contributed by atoms with Crippen LogP contribution in [0.2, 0.25) is 0 Å². The molecule has 0 amide bonds. The van der Waals surface area contributed by atoms with Crippen LogP contribution in [0.3, 0.4) is 0 Å². The van der Waals surface area contributed by atoms with Crippen molar-refractivity contribution >= 4 is 0 Å². The van der Waals surface area contributed by atoms with Crippen LogP contribution in [0.25, 0.3) is 0 Å². The van der Waals surface area contributed by atoms with Gasteiger partial charge in [0.1, 0.15) is 5.75 Å². The molecule has 1 aliphatic rings. The van der Waals surface area contributed by atoms with Crippen LogP contribution in [-0.4, -0.2) is 17.6 Å². The standard InChI is InChI=1S/C14H20N2O/c1-3-4-9-17-14-8-5-11(2)16-13(14)10-15-12-6-7-12/h3,5,8,12,15H,1,4,6-7,9-10H2,2H3. The molecule has 0 aromatic carbocycles. The van der Waals surface area contributed by atoms with Crippen LogP contribution in [-0.2, 0) is 6.54 Å². The third-order valence-corrected chi connectivity index (χ3v) is 2.79. The zero-order valence-electron chi connectivity index (χ0n) is 10.4. The molecule has 0 atom stereocenters. The van der Waals surface area contributed by atoms with Gasteiger partial charge in [-0.25, -0.2) is 0 Å². The highest BCUT2D eigenvalue weighted by atomic mass is 16.5. The van der Waals surface area contributed by atoms with Crippen LogP contribution in [0.15, 0.2) is 24.8 Å². The summed E-state index contributed by atoms with van der Waals surface area (Å²) < 4.78 is 5.71. The van der Waals surface area contributed by atoms with Crippen molar-refractivity contribution in [1.29, 1.82) is 0 Å². The lowest BCUT2D eigenvalue weighted by molar-refractivity contribution is 0.318. The third kappa shape index (κ3) is 3.86. The van der Waals surface area contributed by atoms with Crippen LogP contribution < -0.4 is 10.1 Å². The molecule has 1 N–H and O–H groups in total. The van der Waals surface area contributed by atoms with Crippen LogP contribution >= 0.6 is 0 Å². The second-order valence-electron chi connectivity index (χ2n) is 4.48. The zero-order valence-corrected chi connectivity index (χ0v) is 10.4. The van der Waals surface area contributed by atoms with Gasteiger partial charge < -0.3 is 10.1 Å². The second kappa shape index (κ2) is 5.82. The summed E-state index contributed by atoms with van der Waals surface area (Å²) in [6.45, 7) is 7.17. The largest absolute Gasteiger partial charge is 0.491 e. The number of nitrogens with one attached hydrogen (secondary N) is 1. The molecule has 1 saturated carbocycles. The number of hydrogen-bond acceptors (Lipinski definition) is 3. The van der Waals surface area contributed by atoms with Gasteiger partial charge in [0.05, 0.1) is 12.3 Å². The fourth-order valence-electron chi connectivity index (χ4n) is 1.64. The van der Waals surface area contributed by atoms with Crippen molar-refractivity contribution in [1.82, 2.24) is 10.3 Å². The van der Waals surface area contributed by atoms with E-state index in [2.05, 4.69) is 16.9 Å². The normalized spacial score (nSPS) is 14.6. The van der Waals surface area contributed by atoms with Gasteiger partial charge in [0.25, 0.3) is 0 Å². The summed E-state index contributed by atoms with van der Waals surface area (Å²) in [6.07, 6.45) is 5.31. The lowest BCUT2D eigenvalue weighted by Gasteiger charge is -2.11. The fraction of sp³-hybridized carbons (Fsp3) is 0.500. The summed E-state index contributed by atoms with van der Waals surface area (Å²) in [5, 5.41) is 3.47. The Morgan fingerprint density at radius 1 is 1.53 bits per heavy atom. The van der Waals surface area contributed by atoms with Gasteiger partial charge in [-0.1, -0.05) is 6.08 Å². The highest BCUT2D eigenvalue weighted by molar-refractivity contribution is 5.29. The van der Waals surface area contributed by atoms with Gasteiger partial charge in [-0.15, -0.1) is 6.58 Å². The molecule has 0 saturated heterocycles. The first-order chi connectivity index (χ1) is 8.29. The van der Waals surface area contributed by atoms with Crippen LogP contribution in [0, 0.1) is 6.92 Å². The molecule has 1 heterocycles. The Bertz CT molecular complexity index is 386. The quantitative estimate of drug-likeness (QED) is 0.579. The van der Waals surface area contributed by atoms with Crippen LogP contribution in [0.5, 0.6) is 5.75 Å². The van der Waals surface area contributed by atoms with E-state index >= 15 is 0 Å².